The van der Waals surface area contributed by atoms with Gasteiger partial charge in [-0.2, -0.15) is 0 Å². The summed E-state index contributed by atoms with van der Waals surface area (Å²) in [6, 6.07) is 30.1. The van der Waals surface area contributed by atoms with Gasteiger partial charge in [0.15, 0.2) is 0 Å². The van der Waals surface area contributed by atoms with E-state index in [4.69, 9.17) is 4.74 Å². The molecule has 1 aliphatic rings. The number of halogens is 1. The number of benzene rings is 4. The van der Waals surface area contributed by atoms with E-state index < -0.39 is 0 Å². The van der Waals surface area contributed by atoms with E-state index in [0.717, 1.165) is 23.2 Å². The molecule has 2 nitrogen and oxygen atoms in total. The Hall–Kier alpha value is -3.17. The van der Waals surface area contributed by atoms with E-state index in [1.807, 2.05) is 18.2 Å². The third-order valence-corrected chi connectivity index (χ3v) is 6.93. The second-order valence-corrected chi connectivity index (χ2v) is 9.20. The van der Waals surface area contributed by atoms with Crippen molar-refractivity contribution in [2.75, 3.05) is 26.2 Å². The molecule has 34 heavy (non-hydrogen) atoms. The Morgan fingerprint density at radius 1 is 0.676 bits per heavy atom. The Morgan fingerprint density at radius 3 is 2.06 bits per heavy atom. The van der Waals surface area contributed by atoms with Gasteiger partial charge in [0.1, 0.15) is 18.2 Å². The van der Waals surface area contributed by atoms with Gasteiger partial charge in [0.05, 0.1) is 0 Å². The van der Waals surface area contributed by atoms with Crippen LogP contribution >= 0.6 is 0 Å². The van der Waals surface area contributed by atoms with Gasteiger partial charge < -0.3 is 4.74 Å². The first-order chi connectivity index (χ1) is 16.8. The number of likely N-dealkylation sites (tertiary alicyclic amines) is 1. The van der Waals surface area contributed by atoms with Gasteiger partial charge in [-0.3, -0.25) is 4.90 Å². The van der Waals surface area contributed by atoms with Gasteiger partial charge in [-0.25, -0.2) is 4.39 Å². The van der Waals surface area contributed by atoms with Gasteiger partial charge in [-0.15, -0.1) is 0 Å². The lowest BCUT2D eigenvalue weighted by Gasteiger charge is -2.23. The van der Waals surface area contributed by atoms with Crippen LogP contribution in [0.25, 0.3) is 10.8 Å². The van der Waals surface area contributed by atoms with Crippen LogP contribution in [0.3, 0.4) is 0 Å². The Balaban J connectivity index is 1.47. The van der Waals surface area contributed by atoms with E-state index in [2.05, 4.69) is 65.6 Å². The third-order valence-electron chi connectivity index (χ3n) is 6.93. The fourth-order valence-corrected chi connectivity index (χ4v) is 5.17. The van der Waals surface area contributed by atoms with Gasteiger partial charge in [0.2, 0.25) is 0 Å². The molecule has 0 N–H and O–H groups in total. The van der Waals surface area contributed by atoms with E-state index in [9.17, 15) is 4.39 Å². The minimum absolute atomic E-state index is 0.0119. The van der Waals surface area contributed by atoms with Crippen LogP contribution in [0.1, 0.15) is 48.3 Å². The second kappa shape index (κ2) is 10.8. The summed E-state index contributed by atoms with van der Waals surface area (Å²) < 4.78 is 20.0. The molecule has 0 radical (unpaired) electrons. The molecule has 174 valence electrons. The van der Waals surface area contributed by atoms with Crippen LogP contribution in [0.5, 0.6) is 5.75 Å². The molecule has 1 heterocycles. The molecule has 4 aromatic rings. The standard InChI is InChI=1S/C31H32FNO/c32-26-16-14-25(15-17-26)31(24-10-4-3-5-11-24)29-18-19-30(28-13-7-6-12-27(28)29)34-23-22-33-20-8-1-2-9-21-33/h3-7,10-19,31H,1-2,8-9,20-23H2/t31-/m0/s1. The maximum absolute atomic E-state index is 13.7. The van der Waals surface area contributed by atoms with E-state index in [-0.39, 0.29) is 11.7 Å². The predicted octanol–water partition coefficient (Wildman–Crippen LogP) is 7.41. The minimum Gasteiger partial charge on any atom is -0.492 e. The van der Waals surface area contributed by atoms with Crippen molar-refractivity contribution in [1.82, 2.24) is 4.90 Å². The number of fused-ring (bicyclic) bond motifs is 1. The van der Waals surface area contributed by atoms with Gasteiger partial charge in [-0.05, 0) is 66.2 Å². The predicted molar refractivity (Wildman–Crippen MR) is 138 cm³/mol. The first-order valence-corrected chi connectivity index (χ1v) is 12.5. The van der Waals surface area contributed by atoms with Gasteiger partial charge in [0.25, 0.3) is 0 Å². The highest BCUT2D eigenvalue weighted by Gasteiger charge is 2.20. The summed E-state index contributed by atoms with van der Waals surface area (Å²) in [5.41, 5.74) is 3.47. The fraction of sp³-hybridized carbons (Fsp3) is 0.290. The van der Waals surface area contributed by atoms with Crippen molar-refractivity contribution < 1.29 is 9.13 Å². The quantitative estimate of drug-likeness (QED) is 0.270. The van der Waals surface area contributed by atoms with Crippen LogP contribution in [-0.2, 0) is 0 Å². The third kappa shape index (κ3) is 5.15. The van der Waals surface area contributed by atoms with E-state index in [1.165, 1.54) is 55.3 Å². The van der Waals surface area contributed by atoms with Gasteiger partial charge in [0, 0.05) is 17.8 Å². The first kappa shape index (κ1) is 22.6. The van der Waals surface area contributed by atoms with E-state index in [1.54, 1.807) is 12.1 Å². The molecule has 0 bridgehead atoms. The van der Waals surface area contributed by atoms with Crippen LogP contribution in [0.2, 0.25) is 0 Å². The normalized spacial score (nSPS) is 15.7. The highest BCUT2D eigenvalue weighted by molar-refractivity contribution is 5.92. The van der Waals surface area contributed by atoms with Crippen LogP contribution in [0.4, 0.5) is 4.39 Å². The van der Waals surface area contributed by atoms with Crippen LogP contribution < -0.4 is 4.74 Å². The summed E-state index contributed by atoms with van der Waals surface area (Å²) >= 11 is 0. The largest absolute Gasteiger partial charge is 0.492 e. The lowest BCUT2D eigenvalue weighted by atomic mass is 9.82. The smallest absolute Gasteiger partial charge is 0.127 e. The SMILES string of the molecule is Fc1ccc([C@H](c2ccccc2)c2ccc(OCCN3CCCCCC3)c3ccccc23)cc1. The second-order valence-electron chi connectivity index (χ2n) is 9.20. The molecule has 1 fully saturated rings. The Labute approximate surface area is 202 Å². The number of nitrogens with zero attached hydrogens (tertiary/aromatic N) is 1. The van der Waals surface area contributed by atoms with Crippen molar-refractivity contribution in [1.29, 1.82) is 0 Å². The lowest BCUT2D eigenvalue weighted by molar-refractivity contribution is 0.215. The molecule has 0 spiro atoms. The highest BCUT2D eigenvalue weighted by Crippen LogP contribution is 2.39. The molecular formula is C31H32FNO. The van der Waals surface area contributed by atoms with Crippen LogP contribution in [-0.4, -0.2) is 31.1 Å². The summed E-state index contributed by atoms with van der Waals surface area (Å²) in [7, 11) is 0. The Morgan fingerprint density at radius 2 is 1.32 bits per heavy atom. The summed E-state index contributed by atoms with van der Waals surface area (Å²) in [6.07, 6.45) is 5.28. The average Bonchev–Trinajstić information content (AvgIpc) is 3.16. The molecule has 4 aromatic carbocycles. The summed E-state index contributed by atoms with van der Waals surface area (Å²) in [5, 5.41) is 2.30. The molecule has 5 rings (SSSR count). The van der Waals surface area contributed by atoms with Crippen molar-refractivity contribution in [3.63, 3.8) is 0 Å². The van der Waals surface area contributed by atoms with Crippen LogP contribution in [0, 0.1) is 5.82 Å². The minimum atomic E-state index is -0.214. The summed E-state index contributed by atoms with van der Waals surface area (Å²) in [4.78, 5) is 2.53. The van der Waals surface area contributed by atoms with Crippen LogP contribution in [0.15, 0.2) is 91.0 Å². The maximum Gasteiger partial charge on any atom is 0.127 e. The molecule has 0 aliphatic carbocycles. The average molecular weight is 454 g/mol. The molecule has 0 saturated carbocycles. The molecule has 1 aliphatic heterocycles. The molecule has 0 unspecified atom stereocenters. The molecular weight excluding hydrogens is 421 g/mol. The maximum atomic E-state index is 13.7. The first-order valence-electron chi connectivity index (χ1n) is 12.5. The summed E-state index contributed by atoms with van der Waals surface area (Å²) in [6.45, 7) is 4.03. The molecule has 1 saturated heterocycles. The molecule has 0 amide bonds. The van der Waals surface area contributed by atoms with Crippen molar-refractivity contribution in [2.24, 2.45) is 0 Å². The van der Waals surface area contributed by atoms with Crippen molar-refractivity contribution in [2.45, 2.75) is 31.6 Å². The highest BCUT2D eigenvalue weighted by atomic mass is 19.1. The topological polar surface area (TPSA) is 12.5 Å². The fourth-order valence-electron chi connectivity index (χ4n) is 5.17. The van der Waals surface area contributed by atoms with Crippen molar-refractivity contribution in [3.8, 4) is 5.75 Å². The monoisotopic (exact) mass is 453 g/mol. The van der Waals surface area contributed by atoms with E-state index in [0.29, 0.717) is 6.61 Å². The van der Waals surface area contributed by atoms with Gasteiger partial charge in [-0.1, -0.05) is 85.6 Å². The lowest BCUT2D eigenvalue weighted by Crippen LogP contribution is -2.29. The number of hydrogen-bond donors (Lipinski definition) is 0. The van der Waals surface area contributed by atoms with Gasteiger partial charge >= 0.3 is 0 Å². The molecule has 3 heteroatoms. The number of rotatable bonds is 7. The van der Waals surface area contributed by atoms with Crippen molar-refractivity contribution >= 4 is 10.8 Å². The zero-order chi connectivity index (χ0) is 23.2. The van der Waals surface area contributed by atoms with E-state index >= 15 is 0 Å². The number of hydrogen-bond acceptors (Lipinski definition) is 2. The summed E-state index contributed by atoms with van der Waals surface area (Å²) in [5.74, 6) is 0.728. The number of ether oxygens (including phenoxy) is 1. The molecule has 1 atom stereocenters. The molecule has 0 aromatic heterocycles. The Bertz CT molecular complexity index is 1200. The Kier molecular flexibility index (Phi) is 7.21. The zero-order valence-electron chi connectivity index (χ0n) is 19.6. The zero-order valence-corrected chi connectivity index (χ0v) is 19.6. The van der Waals surface area contributed by atoms with Crippen molar-refractivity contribution in [3.05, 3.63) is 114 Å².